The molecule has 2 aromatic carbocycles. The maximum Gasteiger partial charge on any atom is 0.224 e. The van der Waals surface area contributed by atoms with Crippen LogP contribution in [0.2, 0.25) is 0 Å². The smallest absolute Gasteiger partial charge is 0.224 e. The fraction of sp³-hybridized carbons (Fsp3) is 0.409. The van der Waals surface area contributed by atoms with E-state index in [0.29, 0.717) is 12.2 Å². The number of rotatable bonds is 3. The lowest BCUT2D eigenvalue weighted by atomic mass is 9.61. The number of benzene rings is 2. The molecule has 2 bridgehead atoms. The number of nitrogens with zero attached hydrogens (tertiary/aromatic N) is 1. The number of nitrogens with one attached hydrogen (secondary N) is 1. The lowest BCUT2D eigenvalue weighted by Crippen LogP contribution is -2.67. The molecule has 2 aromatic rings. The summed E-state index contributed by atoms with van der Waals surface area (Å²) >= 11 is 0. The van der Waals surface area contributed by atoms with Crippen LogP contribution in [0.1, 0.15) is 30.0 Å². The number of aromatic hydroxyl groups is 1. The Morgan fingerprint density at radius 1 is 1.27 bits per heavy atom. The minimum atomic E-state index is -0.157. The molecular weight excluding hydrogens is 324 g/mol. The summed E-state index contributed by atoms with van der Waals surface area (Å²) in [5, 5.41) is 13.4. The van der Waals surface area contributed by atoms with Gasteiger partial charge < -0.3 is 15.3 Å². The molecule has 136 valence electrons. The van der Waals surface area contributed by atoms with Crippen molar-refractivity contribution in [2.24, 2.45) is 0 Å². The summed E-state index contributed by atoms with van der Waals surface area (Å²) in [5.41, 5.74) is 3.35. The number of carbonyl (C=O) groups excluding carboxylic acids is 1. The molecule has 1 amide bonds. The standard InChI is InChI=1S/C22H26N2O2/c1-22-10-11-24(2)19(13-16-8-9-17(25)14-18(16)22)21(22)23-20(26)12-15-6-4-3-5-7-15/h3-9,14,19,21,25H,10-13H2,1-2H3,(H,23,26)/t19-,21+,22+/m1/s1. The predicted octanol–water partition coefficient (Wildman–Crippen LogP) is 2.64. The number of phenols is 1. The van der Waals surface area contributed by atoms with Crippen LogP contribution in [-0.4, -0.2) is 41.6 Å². The highest BCUT2D eigenvalue weighted by Crippen LogP contribution is 2.45. The first-order valence-electron chi connectivity index (χ1n) is 9.33. The van der Waals surface area contributed by atoms with Crippen molar-refractivity contribution in [1.29, 1.82) is 0 Å². The van der Waals surface area contributed by atoms with Gasteiger partial charge in [-0.05, 0) is 55.3 Å². The molecule has 1 heterocycles. The second-order valence-corrected chi connectivity index (χ2v) is 7.97. The average Bonchev–Trinajstić information content (AvgIpc) is 2.62. The number of amides is 1. The number of phenolic OH excluding ortho intramolecular Hbond substituents is 1. The largest absolute Gasteiger partial charge is 0.508 e. The quantitative estimate of drug-likeness (QED) is 0.895. The molecule has 4 heteroatoms. The third-order valence-electron chi connectivity index (χ3n) is 6.28. The Morgan fingerprint density at radius 3 is 2.81 bits per heavy atom. The Morgan fingerprint density at radius 2 is 2.04 bits per heavy atom. The minimum Gasteiger partial charge on any atom is -0.508 e. The van der Waals surface area contributed by atoms with Crippen LogP contribution >= 0.6 is 0 Å². The van der Waals surface area contributed by atoms with Crippen LogP contribution in [0.25, 0.3) is 0 Å². The highest BCUT2D eigenvalue weighted by molar-refractivity contribution is 5.79. The van der Waals surface area contributed by atoms with Crippen molar-refractivity contribution in [2.75, 3.05) is 13.6 Å². The molecule has 1 aliphatic heterocycles. The van der Waals surface area contributed by atoms with E-state index in [0.717, 1.165) is 24.9 Å². The van der Waals surface area contributed by atoms with E-state index < -0.39 is 0 Å². The van der Waals surface area contributed by atoms with Crippen LogP contribution in [0.5, 0.6) is 5.75 Å². The monoisotopic (exact) mass is 350 g/mol. The average molecular weight is 350 g/mol. The summed E-state index contributed by atoms with van der Waals surface area (Å²) < 4.78 is 0. The normalized spacial score (nSPS) is 27.6. The molecule has 2 N–H and O–H groups in total. The third kappa shape index (κ3) is 2.88. The fourth-order valence-corrected chi connectivity index (χ4v) is 4.75. The lowest BCUT2D eigenvalue weighted by molar-refractivity contribution is -0.123. The number of piperidine rings is 1. The first-order chi connectivity index (χ1) is 12.5. The molecule has 3 atom stereocenters. The van der Waals surface area contributed by atoms with Crippen LogP contribution in [0.3, 0.4) is 0 Å². The number of likely N-dealkylation sites (N-methyl/N-ethyl adjacent to an activating group) is 1. The number of hydrogen-bond acceptors (Lipinski definition) is 3. The van der Waals surface area contributed by atoms with Gasteiger partial charge in [-0.15, -0.1) is 0 Å². The maximum atomic E-state index is 12.8. The zero-order valence-corrected chi connectivity index (χ0v) is 15.4. The highest BCUT2D eigenvalue weighted by Gasteiger charge is 2.50. The molecule has 2 aliphatic rings. The van der Waals surface area contributed by atoms with Gasteiger partial charge in [-0.2, -0.15) is 0 Å². The summed E-state index contributed by atoms with van der Waals surface area (Å²) in [6, 6.07) is 15.9. The number of hydrogen-bond donors (Lipinski definition) is 2. The Kier molecular flexibility index (Phi) is 4.23. The molecule has 4 nitrogen and oxygen atoms in total. The molecule has 0 saturated carbocycles. The number of likely N-dealkylation sites (tertiary alicyclic amines) is 1. The van der Waals surface area contributed by atoms with Crippen LogP contribution < -0.4 is 5.32 Å². The molecule has 1 fully saturated rings. The zero-order valence-electron chi connectivity index (χ0n) is 15.4. The van der Waals surface area contributed by atoms with Crippen molar-refractivity contribution in [2.45, 2.75) is 43.7 Å². The van der Waals surface area contributed by atoms with Crippen LogP contribution in [0.15, 0.2) is 48.5 Å². The summed E-state index contributed by atoms with van der Waals surface area (Å²) in [6.45, 7) is 3.24. The first kappa shape index (κ1) is 17.1. The number of carbonyl (C=O) groups is 1. The minimum absolute atomic E-state index is 0.0479. The van der Waals surface area contributed by atoms with Gasteiger partial charge in [0, 0.05) is 11.5 Å². The van der Waals surface area contributed by atoms with Crippen molar-refractivity contribution < 1.29 is 9.90 Å². The van der Waals surface area contributed by atoms with Gasteiger partial charge in [0.15, 0.2) is 0 Å². The Hall–Kier alpha value is -2.33. The zero-order chi connectivity index (χ0) is 18.3. The molecule has 1 aliphatic carbocycles. The van der Waals surface area contributed by atoms with Gasteiger partial charge in [0.25, 0.3) is 0 Å². The van der Waals surface area contributed by atoms with Crippen molar-refractivity contribution >= 4 is 5.91 Å². The van der Waals surface area contributed by atoms with E-state index in [4.69, 9.17) is 0 Å². The van der Waals surface area contributed by atoms with Crippen molar-refractivity contribution in [3.05, 3.63) is 65.2 Å². The highest BCUT2D eigenvalue weighted by atomic mass is 16.3. The van der Waals surface area contributed by atoms with Gasteiger partial charge in [-0.25, -0.2) is 0 Å². The molecular formula is C22H26N2O2. The molecule has 26 heavy (non-hydrogen) atoms. The van der Waals surface area contributed by atoms with E-state index in [1.807, 2.05) is 42.5 Å². The van der Waals surface area contributed by atoms with Gasteiger partial charge in [0.05, 0.1) is 12.5 Å². The van der Waals surface area contributed by atoms with Gasteiger partial charge in [0.2, 0.25) is 5.91 Å². The Bertz CT molecular complexity index is 820. The molecule has 0 aromatic heterocycles. The fourth-order valence-electron chi connectivity index (χ4n) is 4.75. The van der Waals surface area contributed by atoms with Gasteiger partial charge in [-0.3, -0.25) is 4.79 Å². The molecule has 4 rings (SSSR count). The molecule has 1 saturated heterocycles. The third-order valence-corrected chi connectivity index (χ3v) is 6.28. The summed E-state index contributed by atoms with van der Waals surface area (Å²) in [6.07, 6.45) is 2.27. The lowest BCUT2D eigenvalue weighted by Gasteiger charge is -2.54. The summed E-state index contributed by atoms with van der Waals surface area (Å²) in [5.74, 6) is 0.369. The molecule has 0 radical (unpaired) electrons. The van der Waals surface area contributed by atoms with E-state index in [2.05, 4.69) is 24.2 Å². The van der Waals surface area contributed by atoms with Crippen LogP contribution in [0.4, 0.5) is 0 Å². The number of fused-ring (bicyclic) bond motifs is 4. The van der Waals surface area contributed by atoms with E-state index in [1.165, 1.54) is 11.1 Å². The SMILES string of the molecule is CN1CC[C@@]2(C)c3cc(O)ccc3C[C@@H]1[C@@H]2NC(=O)Cc1ccccc1. The first-order valence-corrected chi connectivity index (χ1v) is 9.33. The van der Waals surface area contributed by atoms with Gasteiger partial charge in [-0.1, -0.05) is 43.3 Å². The van der Waals surface area contributed by atoms with Gasteiger partial charge in [0.1, 0.15) is 5.75 Å². The summed E-state index contributed by atoms with van der Waals surface area (Å²) in [4.78, 5) is 15.1. The predicted molar refractivity (Wildman–Crippen MR) is 102 cm³/mol. The molecule has 0 spiro atoms. The summed E-state index contributed by atoms with van der Waals surface area (Å²) in [7, 11) is 2.14. The van der Waals surface area contributed by atoms with E-state index >= 15 is 0 Å². The Labute approximate surface area is 154 Å². The van der Waals surface area contributed by atoms with E-state index in [1.54, 1.807) is 6.07 Å². The van der Waals surface area contributed by atoms with Crippen molar-refractivity contribution in [3.8, 4) is 5.75 Å². The second kappa shape index (κ2) is 6.44. The molecule has 0 unspecified atom stereocenters. The van der Waals surface area contributed by atoms with Crippen LogP contribution in [-0.2, 0) is 23.1 Å². The van der Waals surface area contributed by atoms with Crippen molar-refractivity contribution in [1.82, 2.24) is 10.2 Å². The van der Waals surface area contributed by atoms with Crippen molar-refractivity contribution in [3.63, 3.8) is 0 Å². The van der Waals surface area contributed by atoms with E-state index in [-0.39, 0.29) is 23.4 Å². The Balaban J connectivity index is 1.63. The second-order valence-electron chi connectivity index (χ2n) is 7.97. The van der Waals surface area contributed by atoms with Gasteiger partial charge >= 0.3 is 0 Å². The van der Waals surface area contributed by atoms with E-state index in [9.17, 15) is 9.90 Å². The maximum absolute atomic E-state index is 12.8. The van der Waals surface area contributed by atoms with Crippen LogP contribution in [0, 0.1) is 0 Å². The topological polar surface area (TPSA) is 52.6 Å².